The Labute approximate surface area is 124 Å². The highest BCUT2D eigenvalue weighted by Crippen LogP contribution is 2.35. The Hall–Kier alpha value is -1.79. The van der Waals surface area contributed by atoms with E-state index in [1.165, 1.54) is 18.2 Å². The van der Waals surface area contributed by atoms with Crippen molar-refractivity contribution >= 4 is 35.2 Å². The minimum atomic E-state index is -1.15. The third-order valence-corrected chi connectivity index (χ3v) is 3.23. The van der Waals surface area contributed by atoms with E-state index in [0.717, 1.165) is 0 Å². The van der Waals surface area contributed by atoms with Gasteiger partial charge in [-0.1, -0.05) is 30.1 Å². The second kappa shape index (κ2) is 7.12. The van der Waals surface area contributed by atoms with Gasteiger partial charge in [0.05, 0.1) is 9.95 Å². The molecular formula is C12H11Cl2NO5. The number of hydrogen-bond acceptors (Lipinski definition) is 4. The van der Waals surface area contributed by atoms with Gasteiger partial charge < -0.3 is 9.84 Å². The van der Waals surface area contributed by atoms with Crippen LogP contribution in [0.1, 0.15) is 18.9 Å². The van der Waals surface area contributed by atoms with E-state index in [1.807, 2.05) is 0 Å². The molecule has 0 saturated carbocycles. The van der Waals surface area contributed by atoms with Crippen molar-refractivity contribution in [2.45, 2.75) is 13.3 Å². The van der Waals surface area contributed by atoms with E-state index in [1.54, 1.807) is 6.92 Å². The third-order valence-electron chi connectivity index (χ3n) is 2.35. The summed E-state index contributed by atoms with van der Waals surface area (Å²) in [5, 5.41) is 19.3. The first kappa shape index (κ1) is 16.3. The summed E-state index contributed by atoms with van der Waals surface area (Å²) in [6.07, 6.45) is 1.55. The molecule has 1 aromatic rings. The van der Waals surface area contributed by atoms with Crippen LogP contribution in [0.5, 0.6) is 5.75 Å². The first-order chi connectivity index (χ1) is 9.36. The van der Waals surface area contributed by atoms with Crippen LogP contribution in [0.3, 0.4) is 0 Å². The van der Waals surface area contributed by atoms with Gasteiger partial charge in [0, 0.05) is 18.1 Å². The quantitative estimate of drug-likeness (QED) is 0.640. The number of benzene rings is 1. The molecule has 0 saturated heterocycles. The van der Waals surface area contributed by atoms with Crippen LogP contribution < -0.4 is 4.74 Å². The average Bonchev–Trinajstić information content (AvgIpc) is 2.38. The Morgan fingerprint density at radius 1 is 1.45 bits per heavy atom. The van der Waals surface area contributed by atoms with E-state index < -0.39 is 17.5 Å². The SMILES string of the molecule is CC/C(=C/c1ccc(OCC(=O)O)c(Cl)c1Cl)[N+](=O)[O-]. The molecule has 0 aliphatic carbocycles. The molecular weight excluding hydrogens is 309 g/mol. The summed E-state index contributed by atoms with van der Waals surface area (Å²) in [5.74, 6) is -1.04. The van der Waals surface area contributed by atoms with Crippen LogP contribution in [0.25, 0.3) is 6.08 Å². The zero-order chi connectivity index (χ0) is 15.3. The van der Waals surface area contributed by atoms with Crippen molar-refractivity contribution in [2.75, 3.05) is 6.61 Å². The first-order valence-electron chi connectivity index (χ1n) is 5.54. The Morgan fingerprint density at radius 3 is 2.60 bits per heavy atom. The number of hydrogen-bond donors (Lipinski definition) is 1. The largest absolute Gasteiger partial charge is 0.480 e. The molecule has 0 aliphatic rings. The van der Waals surface area contributed by atoms with Crippen molar-refractivity contribution < 1.29 is 19.6 Å². The van der Waals surface area contributed by atoms with Crippen LogP contribution in [0.2, 0.25) is 10.0 Å². The topological polar surface area (TPSA) is 89.7 Å². The molecule has 0 unspecified atom stereocenters. The van der Waals surface area contributed by atoms with Gasteiger partial charge in [-0.15, -0.1) is 0 Å². The molecule has 1 rings (SSSR count). The summed E-state index contributed by atoms with van der Waals surface area (Å²) >= 11 is 11.9. The second-order valence-electron chi connectivity index (χ2n) is 3.71. The molecule has 0 spiro atoms. The summed E-state index contributed by atoms with van der Waals surface area (Å²) < 4.78 is 4.94. The lowest BCUT2D eigenvalue weighted by molar-refractivity contribution is -0.425. The molecule has 0 fully saturated rings. The van der Waals surface area contributed by atoms with Gasteiger partial charge >= 0.3 is 5.97 Å². The van der Waals surface area contributed by atoms with Gasteiger partial charge in [-0.25, -0.2) is 4.79 Å². The van der Waals surface area contributed by atoms with Gasteiger partial charge in [0.2, 0.25) is 5.70 Å². The Morgan fingerprint density at radius 2 is 2.10 bits per heavy atom. The molecule has 0 aromatic heterocycles. The summed E-state index contributed by atoms with van der Waals surface area (Å²) in [6, 6.07) is 2.89. The maximum atomic E-state index is 10.7. The first-order valence-corrected chi connectivity index (χ1v) is 6.30. The number of carboxylic acid groups (broad SMARTS) is 1. The van der Waals surface area contributed by atoms with Gasteiger partial charge in [0.1, 0.15) is 10.8 Å². The molecule has 6 nitrogen and oxygen atoms in total. The van der Waals surface area contributed by atoms with Crippen LogP contribution in [0, 0.1) is 10.1 Å². The van der Waals surface area contributed by atoms with Crippen molar-refractivity contribution in [2.24, 2.45) is 0 Å². The smallest absolute Gasteiger partial charge is 0.341 e. The lowest BCUT2D eigenvalue weighted by atomic mass is 10.1. The maximum absolute atomic E-state index is 10.7. The Bertz CT molecular complexity index is 571. The van der Waals surface area contributed by atoms with Crippen LogP contribution in [0.15, 0.2) is 17.8 Å². The Balaban J connectivity index is 3.11. The van der Waals surface area contributed by atoms with E-state index in [9.17, 15) is 14.9 Å². The number of aliphatic carboxylic acids is 1. The summed E-state index contributed by atoms with van der Waals surface area (Å²) in [4.78, 5) is 20.7. The van der Waals surface area contributed by atoms with Crippen LogP contribution >= 0.6 is 23.2 Å². The van der Waals surface area contributed by atoms with Gasteiger partial charge in [-0.3, -0.25) is 10.1 Å². The van der Waals surface area contributed by atoms with Crippen molar-refractivity contribution in [3.8, 4) is 5.75 Å². The Kier molecular flexibility index (Phi) is 5.79. The van der Waals surface area contributed by atoms with Crippen LogP contribution in [-0.2, 0) is 4.79 Å². The zero-order valence-corrected chi connectivity index (χ0v) is 11.9. The third kappa shape index (κ3) is 4.11. The lowest BCUT2D eigenvalue weighted by Gasteiger charge is -2.08. The highest BCUT2D eigenvalue weighted by atomic mass is 35.5. The van der Waals surface area contributed by atoms with E-state index >= 15 is 0 Å². The monoisotopic (exact) mass is 319 g/mol. The number of halogens is 2. The maximum Gasteiger partial charge on any atom is 0.341 e. The number of carbonyl (C=O) groups is 1. The van der Waals surface area contributed by atoms with E-state index in [4.69, 9.17) is 33.0 Å². The minimum absolute atomic E-state index is 0.0119. The van der Waals surface area contributed by atoms with E-state index in [0.29, 0.717) is 5.56 Å². The number of rotatable bonds is 6. The number of ether oxygens (including phenoxy) is 1. The molecule has 0 amide bonds. The van der Waals surface area contributed by atoms with Gasteiger partial charge in [-0.2, -0.15) is 0 Å². The number of nitrogens with zero attached hydrogens (tertiary/aromatic N) is 1. The van der Waals surface area contributed by atoms with E-state index in [-0.39, 0.29) is 27.9 Å². The molecule has 0 radical (unpaired) electrons. The molecule has 0 heterocycles. The molecule has 0 aliphatic heterocycles. The standard InChI is InChI=1S/C12H11Cl2NO5/c1-2-8(15(18)19)5-7-3-4-9(12(14)11(7)13)20-6-10(16)17/h3-5H,2,6H2,1H3,(H,16,17)/b8-5-. The molecule has 108 valence electrons. The van der Waals surface area contributed by atoms with Gasteiger partial charge in [0.15, 0.2) is 6.61 Å². The molecule has 0 atom stereocenters. The van der Waals surface area contributed by atoms with Crippen molar-refractivity contribution in [3.63, 3.8) is 0 Å². The van der Waals surface area contributed by atoms with Crippen LogP contribution in [-0.4, -0.2) is 22.6 Å². The van der Waals surface area contributed by atoms with Crippen molar-refractivity contribution in [3.05, 3.63) is 43.6 Å². The highest BCUT2D eigenvalue weighted by Gasteiger charge is 2.14. The highest BCUT2D eigenvalue weighted by molar-refractivity contribution is 6.43. The summed E-state index contributed by atoms with van der Waals surface area (Å²) in [5.41, 5.74) is 0.357. The molecule has 0 bridgehead atoms. The molecule has 20 heavy (non-hydrogen) atoms. The van der Waals surface area contributed by atoms with Crippen LogP contribution in [0.4, 0.5) is 0 Å². The second-order valence-corrected chi connectivity index (χ2v) is 4.47. The van der Waals surface area contributed by atoms with Gasteiger partial charge in [-0.05, 0) is 12.1 Å². The predicted octanol–water partition coefficient (Wildman–Crippen LogP) is 3.48. The van der Waals surface area contributed by atoms with Crippen molar-refractivity contribution in [1.82, 2.24) is 0 Å². The fourth-order valence-corrected chi connectivity index (χ4v) is 1.81. The minimum Gasteiger partial charge on any atom is -0.480 e. The predicted molar refractivity (Wildman–Crippen MR) is 74.9 cm³/mol. The number of allylic oxidation sites excluding steroid dienone is 1. The van der Waals surface area contributed by atoms with E-state index in [2.05, 4.69) is 0 Å². The fraction of sp³-hybridized carbons (Fsp3) is 0.250. The fourth-order valence-electron chi connectivity index (χ4n) is 1.37. The number of carboxylic acids is 1. The number of nitro groups is 1. The van der Waals surface area contributed by atoms with Crippen molar-refractivity contribution in [1.29, 1.82) is 0 Å². The molecule has 1 N–H and O–H groups in total. The normalized spacial score (nSPS) is 11.2. The summed E-state index contributed by atoms with van der Waals surface area (Å²) in [7, 11) is 0. The lowest BCUT2D eigenvalue weighted by Crippen LogP contribution is -2.09. The summed E-state index contributed by atoms with van der Waals surface area (Å²) in [6.45, 7) is 1.09. The molecule has 1 aromatic carbocycles. The van der Waals surface area contributed by atoms with Gasteiger partial charge in [0.25, 0.3) is 0 Å². The average molecular weight is 320 g/mol. The zero-order valence-electron chi connectivity index (χ0n) is 10.4. The molecule has 8 heteroatoms.